The van der Waals surface area contributed by atoms with Crippen molar-refractivity contribution in [3.8, 4) is 5.75 Å². The molecule has 1 atom stereocenters. The van der Waals surface area contributed by atoms with Crippen LogP contribution in [0.1, 0.15) is 30.9 Å². The lowest BCUT2D eigenvalue weighted by molar-refractivity contribution is -0.136. The van der Waals surface area contributed by atoms with Crippen molar-refractivity contribution in [1.82, 2.24) is 0 Å². The molecule has 1 unspecified atom stereocenters. The van der Waals surface area contributed by atoms with Gasteiger partial charge in [0.05, 0.1) is 13.0 Å². The van der Waals surface area contributed by atoms with E-state index in [-0.39, 0.29) is 24.3 Å². The molecular formula is C15H17F4N3O4. The molecule has 0 saturated carbocycles. The average Bonchev–Trinajstić information content (AvgIpc) is 2.51. The molecule has 1 rings (SSSR count). The van der Waals surface area contributed by atoms with Gasteiger partial charge in [-0.1, -0.05) is 0 Å². The second-order valence-corrected chi connectivity index (χ2v) is 5.04. The lowest BCUT2D eigenvalue weighted by Crippen LogP contribution is -2.21. The van der Waals surface area contributed by atoms with Crippen LogP contribution in [0.4, 0.5) is 22.4 Å². The van der Waals surface area contributed by atoms with Crippen molar-refractivity contribution in [2.75, 3.05) is 6.61 Å². The molecule has 0 aliphatic carbocycles. The molecule has 4 N–H and O–H groups in total. The lowest BCUT2D eigenvalue weighted by Gasteiger charge is -2.18. The smallest absolute Gasteiger partial charge is 0.405 e. The summed E-state index contributed by atoms with van der Waals surface area (Å²) in [5.74, 6) is -1.23. The van der Waals surface area contributed by atoms with Crippen molar-refractivity contribution < 1.29 is 36.6 Å². The summed E-state index contributed by atoms with van der Waals surface area (Å²) in [6.45, 7) is -0.251. The molecule has 1 amide bonds. The first-order valence-corrected chi connectivity index (χ1v) is 7.30. The predicted octanol–water partition coefficient (Wildman–Crippen LogP) is 3.67. The number of hydrogen-bond acceptors (Lipinski definition) is 6. The van der Waals surface area contributed by atoms with Crippen LogP contribution in [-0.2, 0) is 9.47 Å². The van der Waals surface area contributed by atoms with E-state index in [0.717, 1.165) is 12.1 Å². The summed E-state index contributed by atoms with van der Waals surface area (Å²) in [4.78, 5) is 11.0. The molecule has 0 heterocycles. The van der Waals surface area contributed by atoms with Gasteiger partial charge in [0.2, 0.25) is 0 Å². The van der Waals surface area contributed by atoms with E-state index < -0.39 is 42.9 Å². The van der Waals surface area contributed by atoms with Gasteiger partial charge in [-0.25, -0.2) is 9.18 Å². The Morgan fingerprint density at radius 2 is 2.04 bits per heavy atom. The van der Waals surface area contributed by atoms with Crippen molar-refractivity contribution in [3.05, 3.63) is 29.6 Å². The Labute approximate surface area is 146 Å². The van der Waals surface area contributed by atoms with Crippen molar-refractivity contribution >= 4 is 18.4 Å². The van der Waals surface area contributed by atoms with E-state index in [1.54, 1.807) is 0 Å². The highest BCUT2D eigenvalue weighted by Crippen LogP contribution is 2.29. The maximum Gasteiger partial charge on any atom is 0.405 e. The van der Waals surface area contributed by atoms with Crippen molar-refractivity contribution in [1.29, 1.82) is 10.8 Å². The third-order valence-electron chi connectivity index (χ3n) is 3.02. The molecule has 0 saturated heterocycles. The zero-order chi connectivity index (χ0) is 19.7. The molecule has 0 aliphatic heterocycles. The molecule has 0 spiro atoms. The summed E-state index contributed by atoms with van der Waals surface area (Å²) in [5.41, 5.74) is 4.73. The Hall–Kier alpha value is -2.85. The van der Waals surface area contributed by atoms with Crippen molar-refractivity contribution in [2.45, 2.75) is 31.5 Å². The molecule has 1 aromatic rings. The van der Waals surface area contributed by atoms with Crippen molar-refractivity contribution in [2.24, 2.45) is 5.73 Å². The van der Waals surface area contributed by atoms with E-state index in [0.29, 0.717) is 6.40 Å². The first kappa shape index (κ1) is 21.2. The summed E-state index contributed by atoms with van der Waals surface area (Å²) in [6.07, 6.45) is -8.10. The zero-order valence-corrected chi connectivity index (χ0v) is 13.4. The van der Waals surface area contributed by atoms with Crippen LogP contribution in [0.3, 0.4) is 0 Å². The van der Waals surface area contributed by atoms with E-state index in [1.807, 2.05) is 0 Å². The highest BCUT2D eigenvalue weighted by molar-refractivity contribution is 5.80. The quantitative estimate of drug-likeness (QED) is 0.262. The fraction of sp³-hybridized carbons (Fsp3) is 0.400. The monoisotopic (exact) mass is 379 g/mol. The fourth-order valence-corrected chi connectivity index (χ4v) is 1.96. The number of carbonyl (C=O) groups is 1. The Bertz CT molecular complexity index is 652. The molecule has 144 valence electrons. The van der Waals surface area contributed by atoms with Crippen LogP contribution >= 0.6 is 0 Å². The van der Waals surface area contributed by atoms with Gasteiger partial charge in [-0.05, 0) is 24.6 Å². The average molecular weight is 379 g/mol. The number of nitrogens with two attached hydrogens (primary N) is 1. The molecular weight excluding hydrogens is 362 g/mol. The molecule has 7 nitrogen and oxygen atoms in total. The van der Waals surface area contributed by atoms with Gasteiger partial charge in [-0.2, -0.15) is 13.2 Å². The summed E-state index contributed by atoms with van der Waals surface area (Å²) in [5, 5.41) is 14.2. The van der Waals surface area contributed by atoms with E-state index in [2.05, 4.69) is 4.74 Å². The Kier molecular flexibility index (Phi) is 7.81. The Morgan fingerprint density at radius 3 is 2.62 bits per heavy atom. The number of primary amides is 1. The summed E-state index contributed by atoms with van der Waals surface area (Å²) in [6, 6.07) is 3.31. The topological polar surface area (TPSA) is 118 Å². The van der Waals surface area contributed by atoms with E-state index >= 15 is 0 Å². The molecule has 0 aromatic heterocycles. The van der Waals surface area contributed by atoms with E-state index in [9.17, 15) is 22.4 Å². The number of nitrogens with one attached hydrogen (secondary N) is 2. The standard InChI is InChI=1S/C15H17F4N3O4/c16-11-3-2-9(24-5-1-4-15(17,18)19)6-10(11)12(26-14(22)23)7-13(21)25-8-20/h2-3,6,8,12,20-21H,1,4-5,7H2,(H2,22,23). The number of hydrogen-bond donors (Lipinski definition) is 3. The molecule has 0 radical (unpaired) electrons. The van der Waals surface area contributed by atoms with Gasteiger partial charge in [-0.3, -0.25) is 10.8 Å². The second kappa shape index (κ2) is 9.59. The number of halogens is 4. The van der Waals surface area contributed by atoms with Crippen LogP contribution in [0, 0.1) is 16.6 Å². The van der Waals surface area contributed by atoms with Gasteiger partial charge >= 0.3 is 12.3 Å². The van der Waals surface area contributed by atoms with Crippen LogP contribution in [0.2, 0.25) is 0 Å². The van der Waals surface area contributed by atoms with Gasteiger partial charge in [0.15, 0.2) is 12.3 Å². The van der Waals surface area contributed by atoms with E-state index in [4.69, 9.17) is 26.0 Å². The van der Waals surface area contributed by atoms with Crippen LogP contribution in [0.5, 0.6) is 5.75 Å². The Morgan fingerprint density at radius 1 is 1.35 bits per heavy atom. The number of amides is 1. The van der Waals surface area contributed by atoms with Crippen molar-refractivity contribution in [3.63, 3.8) is 0 Å². The molecule has 0 aliphatic rings. The lowest BCUT2D eigenvalue weighted by atomic mass is 10.1. The van der Waals surface area contributed by atoms with Gasteiger partial charge in [-0.15, -0.1) is 0 Å². The first-order valence-electron chi connectivity index (χ1n) is 7.30. The molecule has 1 aromatic carbocycles. The number of benzene rings is 1. The fourth-order valence-electron chi connectivity index (χ4n) is 1.96. The minimum absolute atomic E-state index is 0.0566. The largest absolute Gasteiger partial charge is 0.494 e. The number of alkyl halides is 3. The van der Waals surface area contributed by atoms with Gasteiger partial charge in [0.1, 0.15) is 17.7 Å². The number of rotatable bonds is 9. The first-order chi connectivity index (χ1) is 12.1. The SMILES string of the molecule is N=COC(=N)CC(OC(N)=O)c1cc(OCCCC(F)(F)F)ccc1F. The van der Waals surface area contributed by atoms with E-state index in [1.165, 1.54) is 6.07 Å². The van der Waals surface area contributed by atoms with Gasteiger partial charge < -0.3 is 19.9 Å². The minimum atomic E-state index is -4.30. The maximum atomic E-state index is 14.1. The molecule has 11 heteroatoms. The van der Waals surface area contributed by atoms with Crippen LogP contribution in [0.15, 0.2) is 18.2 Å². The second-order valence-electron chi connectivity index (χ2n) is 5.04. The highest BCUT2D eigenvalue weighted by Gasteiger charge is 2.26. The third-order valence-corrected chi connectivity index (χ3v) is 3.02. The van der Waals surface area contributed by atoms with Crippen LogP contribution < -0.4 is 10.5 Å². The summed E-state index contributed by atoms with van der Waals surface area (Å²) in [7, 11) is 0. The minimum Gasteiger partial charge on any atom is -0.494 e. The molecule has 0 fully saturated rings. The molecule has 26 heavy (non-hydrogen) atoms. The van der Waals surface area contributed by atoms with Gasteiger partial charge in [0.25, 0.3) is 0 Å². The van der Waals surface area contributed by atoms with Gasteiger partial charge in [0, 0.05) is 12.0 Å². The maximum absolute atomic E-state index is 14.1. The molecule has 0 bridgehead atoms. The van der Waals surface area contributed by atoms with Crippen LogP contribution in [0.25, 0.3) is 0 Å². The zero-order valence-electron chi connectivity index (χ0n) is 13.4. The predicted molar refractivity (Wildman–Crippen MR) is 82.8 cm³/mol. The normalized spacial score (nSPS) is 12.2. The summed E-state index contributed by atoms with van der Waals surface area (Å²) >= 11 is 0. The number of carbonyl (C=O) groups excluding carboxylic acids is 1. The summed E-state index contributed by atoms with van der Waals surface area (Å²) < 4.78 is 64.7. The number of ether oxygens (including phenoxy) is 3. The van der Waals surface area contributed by atoms with Crippen LogP contribution in [-0.4, -0.2) is 31.2 Å². The Balaban J connectivity index is 2.87. The highest BCUT2D eigenvalue weighted by atomic mass is 19.4. The third kappa shape index (κ3) is 7.81.